The molecule has 0 spiro atoms. The average molecular weight is 408 g/mol. The van der Waals surface area contributed by atoms with Crippen LogP contribution in [0.5, 0.6) is 11.5 Å². The van der Waals surface area contributed by atoms with Crippen molar-refractivity contribution in [1.29, 1.82) is 0 Å². The van der Waals surface area contributed by atoms with Crippen molar-refractivity contribution in [2.24, 2.45) is 0 Å². The van der Waals surface area contributed by atoms with Crippen LogP contribution >= 0.6 is 11.3 Å². The Morgan fingerprint density at radius 1 is 1.14 bits per heavy atom. The molecule has 1 N–H and O–H groups in total. The molecule has 0 aliphatic heterocycles. The summed E-state index contributed by atoms with van der Waals surface area (Å²) in [6.45, 7) is 0. The third-order valence-corrected chi connectivity index (χ3v) is 4.47. The zero-order valence-electron chi connectivity index (χ0n) is 14.6. The van der Waals surface area contributed by atoms with Gasteiger partial charge in [-0.2, -0.15) is 0 Å². The van der Waals surface area contributed by atoms with Gasteiger partial charge in [-0.25, -0.2) is 4.98 Å². The lowest BCUT2D eigenvalue weighted by Gasteiger charge is -2.10. The zero-order valence-corrected chi connectivity index (χ0v) is 15.4. The number of rotatable bonds is 6. The van der Waals surface area contributed by atoms with Gasteiger partial charge in [-0.05, 0) is 29.8 Å². The number of carbonyl (C=O) groups is 1. The molecule has 0 saturated carbocycles. The molecule has 0 fully saturated rings. The van der Waals surface area contributed by atoms with E-state index in [1.54, 1.807) is 12.5 Å². The third kappa shape index (κ3) is 5.46. The Hall–Kier alpha value is -3.07. The van der Waals surface area contributed by atoms with E-state index in [0.717, 1.165) is 28.5 Å². The third-order valence-electron chi connectivity index (χ3n) is 3.62. The van der Waals surface area contributed by atoms with Crippen molar-refractivity contribution < 1.29 is 27.4 Å². The van der Waals surface area contributed by atoms with Crippen LogP contribution in [0, 0.1) is 0 Å². The fourth-order valence-corrected chi connectivity index (χ4v) is 3.19. The number of hydrogen-bond acceptors (Lipinski definition) is 5. The molecule has 0 radical (unpaired) electrons. The molecule has 0 saturated heterocycles. The predicted octanol–water partition coefficient (Wildman–Crippen LogP) is 4.89. The van der Waals surface area contributed by atoms with Gasteiger partial charge < -0.3 is 14.8 Å². The van der Waals surface area contributed by atoms with Gasteiger partial charge >= 0.3 is 6.36 Å². The maximum Gasteiger partial charge on any atom is 0.573 e. The van der Waals surface area contributed by atoms with Crippen LogP contribution in [0.25, 0.3) is 0 Å². The Morgan fingerprint density at radius 3 is 2.57 bits per heavy atom. The summed E-state index contributed by atoms with van der Waals surface area (Å²) in [6, 6.07) is 12.6. The lowest BCUT2D eigenvalue weighted by atomic mass is 10.1. The van der Waals surface area contributed by atoms with E-state index in [-0.39, 0.29) is 11.4 Å². The van der Waals surface area contributed by atoms with Gasteiger partial charge in [-0.3, -0.25) is 4.79 Å². The number of ether oxygens (including phenoxy) is 2. The number of anilines is 1. The molecule has 1 amide bonds. The van der Waals surface area contributed by atoms with Crippen molar-refractivity contribution >= 4 is 22.9 Å². The first-order valence-electron chi connectivity index (χ1n) is 8.07. The summed E-state index contributed by atoms with van der Waals surface area (Å²) in [6.07, 6.45) is -4.25. The topological polar surface area (TPSA) is 60.5 Å². The maximum atomic E-state index is 12.3. The monoisotopic (exact) mass is 408 g/mol. The van der Waals surface area contributed by atoms with E-state index in [1.165, 1.54) is 23.5 Å². The molecule has 0 aliphatic rings. The molecule has 1 heterocycles. The second-order valence-electron chi connectivity index (χ2n) is 5.68. The summed E-state index contributed by atoms with van der Waals surface area (Å²) in [5.41, 5.74) is 1.38. The van der Waals surface area contributed by atoms with Crippen molar-refractivity contribution in [3.63, 3.8) is 0 Å². The van der Waals surface area contributed by atoms with Crippen molar-refractivity contribution in [1.82, 2.24) is 4.98 Å². The normalized spacial score (nSPS) is 11.1. The molecule has 2 aromatic carbocycles. The van der Waals surface area contributed by atoms with Crippen molar-refractivity contribution in [2.75, 3.05) is 12.4 Å². The molecule has 0 bridgehead atoms. The van der Waals surface area contributed by atoms with E-state index in [2.05, 4.69) is 15.0 Å². The molecule has 0 unspecified atom stereocenters. The zero-order chi connectivity index (χ0) is 20.1. The Labute approximate surface area is 162 Å². The quantitative estimate of drug-likeness (QED) is 0.631. The van der Waals surface area contributed by atoms with E-state index in [9.17, 15) is 18.0 Å². The van der Waals surface area contributed by atoms with E-state index < -0.39 is 18.0 Å². The van der Waals surface area contributed by atoms with E-state index in [1.807, 2.05) is 24.3 Å². The number of halogens is 3. The van der Waals surface area contributed by atoms with E-state index in [4.69, 9.17) is 4.74 Å². The van der Waals surface area contributed by atoms with Gasteiger partial charge in [0.1, 0.15) is 17.2 Å². The number of benzene rings is 2. The second-order valence-corrected chi connectivity index (χ2v) is 6.62. The summed E-state index contributed by atoms with van der Waals surface area (Å²) in [5, 5.41) is 4.86. The number of aromatic nitrogens is 1. The Balaban J connectivity index is 1.64. The van der Waals surface area contributed by atoms with Crippen LogP contribution in [0.2, 0.25) is 0 Å². The van der Waals surface area contributed by atoms with Crippen molar-refractivity contribution in [3.05, 3.63) is 70.2 Å². The van der Waals surface area contributed by atoms with Crippen LogP contribution in [-0.4, -0.2) is 24.4 Å². The number of methoxy groups -OCH3 is 1. The molecule has 3 aromatic rings. The Bertz CT molecular complexity index is 956. The van der Waals surface area contributed by atoms with Gasteiger partial charge in [-0.15, -0.1) is 24.5 Å². The number of nitrogens with one attached hydrogen (secondary N) is 1. The van der Waals surface area contributed by atoms with Crippen LogP contribution in [0.4, 0.5) is 18.9 Å². The van der Waals surface area contributed by atoms with Crippen LogP contribution < -0.4 is 14.8 Å². The Morgan fingerprint density at radius 2 is 1.89 bits per heavy atom. The maximum absolute atomic E-state index is 12.3. The highest BCUT2D eigenvalue weighted by atomic mass is 32.1. The highest BCUT2D eigenvalue weighted by molar-refractivity contribution is 7.09. The first-order chi connectivity index (χ1) is 13.3. The molecule has 28 heavy (non-hydrogen) atoms. The molecule has 0 atom stereocenters. The number of thiazole rings is 1. The first-order valence-corrected chi connectivity index (χ1v) is 8.95. The minimum absolute atomic E-state index is 0.177. The fraction of sp³-hybridized carbons (Fsp3) is 0.158. The summed E-state index contributed by atoms with van der Waals surface area (Å²) >= 11 is 1.33. The van der Waals surface area contributed by atoms with Gasteiger partial charge in [-0.1, -0.05) is 18.2 Å². The summed E-state index contributed by atoms with van der Waals surface area (Å²) in [7, 11) is 1.59. The largest absolute Gasteiger partial charge is 0.573 e. The lowest BCUT2D eigenvalue weighted by molar-refractivity contribution is -0.274. The van der Waals surface area contributed by atoms with Crippen LogP contribution in [0.15, 0.2) is 53.9 Å². The molecular weight excluding hydrogens is 393 g/mol. The van der Waals surface area contributed by atoms with Crippen molar-refractivity contribution in [3.8, 4) is 11.5 Å². The SMILES string of the molecule is COc1ccc(Cc2nc(C(=O)Nc3cccc(OC(F)(F)F)c3)cs2)cc1. The standard InChI is InChI=1S/C19H15F3N2O3S/c1-26-14-7-5-12(6-8-14)9-17-24-16(11-28-17)18(25)23-13-3-2-4-15(10-13)27-19(20,21)22/h2-8,10-11H,9H2,1H3,(H,23,25). The molecule has 9 heteroatoms. The molecule has 3 rings (SSSR count). The molecule has 0 aliphatic carbocycles. The minimum Gasteiger partial charge on any atom is -0.497 e. The average Bonchev–Trinajstić information content (AvgIpc) is 3.10. The second kappa shape index (κ2) is 8.30. The number of amides is 1. The summed E-state index contributed by atoms with van der Waals surface area (Å²) in [4.78, 5) is 16.6. The number of nitrogens with zero attached hydrogens (tertiary/aromatic N) is 1. The summed E-state index contributed by atoms with van der Waals surface area (Å²) < 4.78 is 45.9. The predicted molar refractivity (Wildman–Crippen MR) is 99.0 cm³/mol. The Kier molecular flexibility index (Phi) is 5.84. The highest BCUT2D eigenvalue weighted by Gasteiger charge is 2.31. The first kappa shape index (κ1) is 19.7. The van der Waals surface area contributed by atoms with Crippen molar-refractivity contribution in [2.45, 2.75) is 12.8 Å². The van der Waals surface area contributed by atoms with Gasteiger partial charge in [0.25, 0.3) is 5.91 Å². The fourth-order valence-electron chi connectivity index (χ4n) is 2.38. The number of alkyl halides is 3. The van der Waals surface area contributed by atoms with Gasteiger partial charge in [0.15, 0.2) is 0 Å². The van der Waals surface area contributed by atoms with E-state index in [0.29, 0.717) is 6.42 Å². The van der Waals surface area contributed by atoms with Gasteiger partial charge in [0.05, 0.1) is 12.1 Å². The minimum atomic E-state index is -4.80. The van der Waals surface area contributed by atoms with Crippen LogP contribution in [0.3, 0.4) is 0 Å². The van der Waals surface area contributed by atoms with Crippen LogP contribution in [-0.2, 0) is 6.42 Å². The molecular formula is C19H15F3N2O3S. The molecule has 1 aromatic heterocycles. The number of hydrogen-bond donors (Lipinski definition) is 1. The smallest absolute Gasteiger partial charge is 0.497 e. The molecule has 5 nitrogen and oxygen atoms in total. The summed E-state index contributed by atoms with van der Waals surface area (Å²) in [5.74, 6) is -0.176. The van der Waals surface area contributed by atoms with E-state index >= 15 is 0 Å². The van der Waals surface area contributed by atoms with Gasteiger partial charge in [0.2, 0.25) is 0 Å². The van der Waals surface area contributed by atoms with Crippen LogP contribution in [0.1, 0.15) is 21.1 Å². The van der Waals surface area contributed by atoms with Gasteiger partial charge in [0, 0.05) is 23.6 Å². The molecule has 146 valence electrons. The highest BCUT2D eigenvalue weighted by Crippen LogP contribution is 2.25. The lowest BCUT2D eigenvalue weighted by Crippen LogP contribution is -2.17. The number of carbonyl (C=O) groups excluding carboxylic acids is 1.